The SMILES string of the molecule is CCCCN1CCN(C(=O)[C@@H]2CCc3sc(C(=O)N(C)C)cc3C2)CC1. The van der Waals surface area contributed by atoms with Crippen LogP contribution in [0.5, 0.6) is 0 Å². The number of carbonyl (C=O) groups is 2. The molecule has 2 amide bonds. The first-order valence-electron chi connectivity index (χ1n) is 9.84. The van der Waals surface area contributed by atoms with Crippen LogP contribution in [0.4, 0.5) is 0 Å². The molecule has 0 saturated carbocycles. The maximum atomic E-state index is 13.0. The van der Waals surface area contributed by atoms with Crippen LogP contribution in [0.15, 0.2) is 6.07 Å². The highest BCUT2D eigenvalue weighted by atomic mass is 32.1. The minimum absolute atomic E-state index is 0.0653. The summed E-state index contributed by atoms with van der Waals surface area (Å²) in [7, 11) is 3.57. The third kappa shape index (κ3) is 4.29. The lowest BCUT2D eigenvalue weighted by Crippen LogP contribution is -2.51. The molecule has 0 radical (unpaired) electrons. The van der Waals surface area contributed by atoms with Crippen molar-refractivity contribution in [2.45, 2.75) is 39.0 Å². The number of hydrogen-bond donors (Lipinski definition) is 0. The highest BCUT2D eigenvalue weighted by Crippen LogP contribution is 2.33. The molecule has 1 fully saturated rings. The number of aryl methyl sites for hydroxylation is 1. The van der Waals surface area contributed by atoms with Gasteiger partial charge in [-0.15, -0.1) is 11.3 Å². The molecule has 3 rings (SSSR count). The van der Waals surface area contributed by atoms with Gasteiger partial charge in [0.2, 0.25) is 5.91 Å². The number of nitrogens with zero attached hydrogens (tertiary/aromatic N) is 3. The number of carbonyl (C=O) groups excluding carboxylic acids is 2. The summed E-state index contributed by atoms with van der Waals surface area (Å²) in [6.45, 7) is 7.11. The Morgan fingerprint density at radius 3 is 2.62 bits per heavy atom. The Balaban J connectivity index is 1.57. The Labute approximate surface area is 161 Å². The summed E-state index contributed by atoms with van der Waals surface area (Å²) in [5.74, 6) is 0.467. The van der Waals surface area contributed by atoms with Crippen molar-refractivity contribution < 1.29 is 9.59 Å². The summed E-state index contributed by atoms with van der Waals surface area (Å²) in [6, 6.07) is 2.02. The molecule has 26 heavy (non-hydrogen) atoms. The van der Waals surface area contributed by atoms with E-state index in [4.69, 9.17) is 0 Å². The fourth-order valence-corrected chi connectivity index (χ4v) is 5.12. The van der Waals surface area contributed by atoms with E-state index in [0.717, 1.165) is 56.9 Å². The van der Waals surface area contributed by atoms with Crippen LogP contribution in [0, 0.1) is 5.92 Å². The maximum absolute atomic E-state index is 13.0. The molecule has 1 atom stereocenters. The van der Waals surface area contributed by atoms with E-state index in [9.17, 15) is 9.59 Å². The van der Waals surface area contributed by atoms with Crippen molar-refractivity contribution in [3.63, 3.8) is 0 Å². The smallest absolute Gasteiger partial charge is 0.263 e. The number of rotatable bonds is 5. The van der Waals surface area contributed by atoms with E-state index in [1.54, 1.807) is 30.3 Å². The van der Waals surface area contributed by atoms with E-state index in [2.05, 4.69) is 16.7 Å². The molecule has 1 aromatic rings. The van der Waals surface area contributed by atoms with E-state index >= 15 is 0 Å². The molecule has 0 spiro atoms. The van der Waals surface area contributed by atoms with Gasteiger partial charge in [-0.2, -0.15) is 0 Å². The van der Waals surface area contributed by atoms with Gasteiger partial charge in [0.15, 0.2) is 0 Å². The molecule has 144 valence electrons. The van der Waals surface area contributed by atoms with Crippen LogP contribution in [0.2, 0.25) is 0 Å². The van der Waals surface area contributed by atoms with Gasteiger partial charge in [0.05, 0.1) is 4.88 Å². The summed E-state index contributed by atoms with van der Waals surface area (Å²) >= 11 is 1.61. The molecule has 0 N–H and O–H groups in total. The zero-order valence-corrected chi connectivity index (χ0v) is 17.1. The molecule has 1 saturated heterocycles. The second-order valence-electron chi connectivity index (χ2n) is 7.72. The quantitative estimate of drug-likeness (QED) is 0.792. The van der Waals surface area contributed by atoms with Crippen molar-refractivity contribution in [1.82, 2.24) is 14.7 Å². The second-order valence-corrected chi connectivity index (χ2v) is 8.86. The lowest BCUT2D eigenvalue weighted by Gasteiger charge is -2.37. The summed E-state index contributed by atoms with van der Waals surface area (Å²) in [6.07, 6.45) is 5.10. The van der Waals surface area contributed by atoms with Gasteiger partial charge in [0.25, 0.3) is 5.91 Å². The molecule has 1 aliphatic heterocycles. The van der Waals surface area contributed by atoms with Crippen molar-refractivity contribution in [1.29, 1.82) is 0 Å². The monoisotopic (exact) mass is 377 g/mol. The Hall–Kier alpha value is -1.40. The number of piperazine rings is 1. The predicted octanol–water partition coefficient (Wildman–Crippen LogP) is 2.50. The summed E-state index contributed by atoms with van der Waals surface area (Å²) in [4.78, 5) is 33.4. The van der Waals surface area contributed by atoms with Gasteiger partial charge in [0.1, 0.15) is 0 Å². The highest BCUT2D eigenvalue weighted by molar-refractivity contribution is 7.14. The van der Waals surface area contributed by atoms with Crippen molar-refractivity contribution in [2.75, 3.05) is 46.8 Å². The minimum Gasteiger partial charge on any atom is -0.344 e. The van der Waals surface area contributed by atoms with Crippen LogP contribution in [0.25, 0.3) is 0 Å². The van der Waals surface area contributed by atoms with Crippen molar-refractivity contribution in [2.24, 2.45) is 5.92 Å². The van der Waals surface area contributed by atoms with Crippen molar-refractivity contribution >= 4 is 23.2 Å². The number of thiophene rings is 1. The predicted molar refractivity (Wildman–Crippen MR) is 106 cm³/mol. The number of hydrogen-bond acceptors (Lipinski definition) is 4. The zero-order valence-electron chi connectivity index (χ0n) is 16.3. The van der Waals surface area contributed by atoms with Crippen molar-refractivity contribution in [3.05, 3.63) is 21.4 Å². The fourth-order valence-electron chi connectivity index (χ4n) is 3.89. The largest absolute Gasteiger partial charge is 0.344 e. The lowest BCUT2D eigenvalue weighted by molar-refractivity contribution is -0.137. The molecule has 0 bridgehead atoms. The first-order valence-corrected chi connectivity index (χ1v) is 10.7. The Kier molecular flexibility index (Phi) is 6.35. The summed E-state index contributed by atoms with van der Waals surface area (Å²) < 4.78 is 0. The van der Waals surface area contributed by atoms with E-state index in [-0.39, 0.29) is 11.8 Å². The zero-order chi connectivity index (χ0) is 18.7. The van der Waals surface area contributed by atoms with Gasteiger partial charge in [-0.05, 0) is 43.9 Å². The normalized spacial score (nSPS) is 20.7. The van der Waals surface area contributed by atoms with Gasteiger partial charge >= 0.3 is 0 Å². The minimum atomic E-state index is 0.0653. The lowest BCUT2D eigenvalue weighted by atomic mass is 9.87. The van der Waals surface area contributed by atoms with Gasteiger partial charge in [-0.1, -0.05) is 13.3 Å². The van der Waals surface area contributed by atoms with Crippen LogP contribution in [0.1, 0.15) is 46.3 Å². The molecular weight excluding hydrogens is 346 g/mol. The highest BCUT2D eigenvalue weighted by Gasteiger charge is 2.31. The van der Waals surface area contributed by atoms with Crippen LogP contribution >= 0.6 is 11.3 Å². The first kappa shape index (κ1) is 19.4. The average Bonchev–Trinajstić information content (AvgIpc) is 3.08. The van der Waals surface area contributed by atoms with Crippen LogP contribution in [-0.2, 0) is 17.6 Å². The van der Waals surface area contributed by atoms with E-state index in [0.29, 0.717) is 5.91 Å². The second kappa shape index (κ2) is 8.53. The van der Waals surface area contributed by atoms with Gasteiger partial charge < -0.3 is 9.80 Å². The fraction of sp³-hybridized carbons (Fsp3) is 0.700. The standard InChI is InChI=1S/C20H31N3O2S/c1-4-5-8-22-9-11-23(12-10-22)19(24)15-6-7-17-16(13-15)14-18(26-17)20(25)21(2)3/h14-15H,4-13H2,1-3H3/t15-/m1/s1. The van der Waals surface area contributed by atoms with Crippen LogP contribution in [0.3, 0.4) is 0 Å². The first-order chi connectivity index (χ1) is 12.5. The third-order valence-corrected chi connectivity index (χ3v) is 6.79. The Morgan fingerprint density at radius 2 is 1.96 bits per heavy atom. The van der Waals surface area contributed by atoms with Gasteiger partial charge in [0, 0.05) is 51.1 Å². The summed E-state index contributed by atoms with van der Waals surface area (Å²) in [5, 5.41) is 0. The molecule has 1 aromatic heterocycles. The van der Waals surface area contributed by atoms with E-state index in [1.165, 1.54) is 23.3 Å². The van der Waals surface area contributed by atoms with Gasteiger partial charge in [-0.25, -0.2) is 0 Å². The summed E-state index contributed by atoms with van der Waals surface area (Å²) in [5.41, 5.74) is 1.21. The Bertz CT molecular complexity index is 647. The number of fused-ring (bicyclic) bond motifs is 1. The molecular formula is C20H31N3O2S. The van der Waals surface area contributed by atoms with Crippen molar-refractivity contribution in [3.8, 4) is 0 Å². The topological polar surface area (TPSA) is 43.9 Å². The van der Waals surface area contributed by atoms with E-state index in [1.807, 2.05) is 6.07 Å². The average molecular weight is 378 g/mol. The molecule has 2 aliphatic rings. The molecule has 1 aliphatic carbocycles. The molecule has 0 aromatic carbocycles. The molecule has 6 heteroatoms. The number of unbranched alkanes of at least 4 members (excludes halogenated alkanes) is 1. The Morgan fingerprint density at radius 1 is 1.23 bits per heavy atom. The maximum Gasteiger partial charge on any atom is 0.263 e. The molecule has 2 heterocycles. The number of amides is 2. The molecule has 5 nitrogen and oxygen atoms in total. The third-order valence-electron chi connectivity index (χ3n) is 5.56. The van der Waals surface area contributed by atoms with Crippen LogP contribution < -0.4 is 0 Å². The van der Waals surface area contributed by atoms with E-state index < -0.39 is 0 Å². The van der Waals surface area contributed by atoms with Crippen LogP contribution in [-0.4, -0.2) is 73.3 Å². The molecule has 0 unspecified atom stereocenters. The van der Waals surface area contributed by atoms with Gasteiger partial charge in [-0.3, -0.25) is 14.5 Å².